The van der Waals surface area contributed by atoms with Crippen LogP contribution in [-0.2, 0) is 0 Å². The maximum Gasteiger partial charge on any atom is 0.190 e. The molecule has 0 saturated heterocycles. The normalized spacial score (nSPS) is 21.0. The van der Waals surface area contributed by atoms with E-state index < -0.39 is 0 Å². The third-order valence-electron chi connectivity index (χ3n) is 3.73. The van der Waals surface area contributed by atoms with Gasteiger partial charge in [-0.3, -0.25) is 4.99 Å². The van der Waals surface area contributed by atoms with E-state index in [0.29, 0.717) is 0 Å². The zero-order valence-electron chi connectivity index (χ0n) is 12.4. The van der Waals surface area contributed by atoms with Crippen LogP contribution in [0.15, 0.2) is 35.3 Å². The second kappa shape index (κ2) is 9.21. The fourth-order valence-electron chi connectivity index (χ4n) is 2.41. The van der Waals surface area contributed by atoms with Gasteiger partial charge in [0.05, 0.1) is 0 Å². The van der Waals surface area contributed by atoms with Gasteiger partial charge >= 0.3 is 0 Å². The van der Waals surface area contributed by atoms with Crippen LogP contribution < -0.4 is 10.6 Å². The van der Waals surface area contributed by atoms with Crippen LogP contribution in [0.2, 0.25) is 0 Å². The summed E-state index contributed by atoms with van der Waals surface area (Å²) < 4.78 is 0. The molecule has 112 valence electrons. The van der Waals surface area contributed by atoms with E-state index in [-0.39, 0.29) is 24.0 Å². The van der Waals surface area contributed by atoms with E-state index in [1.54, 1.807) is 0 Å². The topological polar surface area (TPSA) is 36.4 Å². The molecule has 0 bridgehead atoms. The number of hydrogen-bond donors (Lipinski definition) is 2. The molecule has 4 heteroatoms. The summed E-state index contributed by atoms with van der Waals surface area (Å²) in [5.74, 6) is 2.43. The van der Waals surface area contributed by atoms with Crippen molar-refractivity contribution in [3.8, 4) is 0 Å². The molecule has 1 fully saturated rings. The first-order chi connectivity index (χ1) is 9.35. The molecule has 20 heavy (non-hydrogen) atoms. The average Bonchev–Trinajstić information content (AvgIpc) is 3.23. The summed E-state index contributed by atoms with van der Waals surface area (Å²) >= 11 is 0. The Labute approximate surface area is 139 Å². The zero-order chi connectivity index (χ0) is 13.5. The molecule has 1 aromatic rings. The average molecular weight is 387 g/mol. The van der Waals surface area contributed by atoms with Gasteiger partial charge < -0.3 is 10.6 Å². The minimum absolute atomic E-state index is 0. The molecule has 0 spiro atoms. The molecule has 1 aliphatic rings. The minimum atomic E-state index is 0. The number of nitrogens with zero attached hydrogens (tertiary/aromatic N) is 1. The molecular formula is C16H26IN3. The predicted molar refractivity (Wildman–Crippen MR) is 97.0 cm³/mol. The fourth-order valence-corrected chi connectivity index (χ4v) is 2.41. The van der Waals surface area contributed by atoms with Crippen molar-refractivity contribution < 1.29 is 0 Å². The van der Waals surface area contributed by atoms with Crippen LogP contribution >= 0.6 is 24.0 Å². The van der Waals surface area contributed by atoms with E-state index in [1.165, 1.54) is 24.8 Å². The van der Waals surface area contributed by atoms with E-state index >= 15 is 0 Å². The van der Waals surface area contributed by atoms with E-state index in [0.717, 1.165) is 30.9 Å². The lowest BCUT2D eigenvalue weighted by Gasteiger charge is -2.11. The number of hydrogen-bond acceptors (Lipinski definition) is 1. The van der Waals surface area contributed by atoms with Gasteiger partial charge in [-0.05, 0) is 30.2 Å². The van der Waals surface area contributed by atoms with Gasteiger partial charge in [0.15, 0.2) is 5.96 Å². The first-order valence-electron chi connectivity index (χ1n) is 7.34. The Kier molecular flexibility index (Phi) is 7.95. The number of aliphatic imine (C=N–C) groups is 1. The summed E-state index contributed by atoms with van der Waals surface area (Å²) in [6, 6.07) is 10.8. The van der Waals surface area contributed by atoms with Gasteiger partial charge in [0, 0.05) is 20.1 Å². The maximum atomic E-state index is 4.25. The van der Waals surface area contributed by atoms with Crippen LogP contribution in [0.4, 0.5) is 0 Å². The fraction of sp³-hybridized carbons (Fsp3) is 0.562. The summed E-state index contributed by atoms with van der Waals surface area (Å²) in [5, 5.41) is 6.78. The van der Waals surface area contributed by atoms with Gasteiger partial charge in [-0.2, -0.15) is 0 Å². The Hall–Kier alpha value is -0.780. The maximum absolute atomic E-state index is 4.25. The smallest absolute Gasteiger partial charge is 0.190 e. The van der Waals surface area contributed by atoms with Crippen LogP contribution in [-0.4, -0.2) is 26.1 Å². The molecule has 0 aliphatic heterocycles. The van der Waals surface area contributed by atoms with Gasteiger partial charge in [0.1, 0.15) is 0 Å². The van der Waals surface area contributed by atoms with E-state index in [4.69, 9.17) is 0 Å². The lowest BCUT2D eigenvalue weighted by atomic mass is 10.1. The van der Waals surface area contributed by atoms with Gasteiger partial charge in [-0.1, -0.05) is 43.7 Å². The summed E-state index contributed by atoms with van der Waals surface area (Å²) in [7, 11) is 1.84. The molecule has 3 nitrogen and oxygen atoms in total. The Bertz CT molecular complexity index is 405. The standard InChI is InChI=1S/C16H25N3.HI/c1-3-4-10-18-16(17-2)19-12-14-11-15(14)13-8-6-5-7-9-13;/h5-9,14-15H,3-4,10-12H2,1-2H3,(H2,17,18,19);1H. The van der Waals surface area contributed by atoms with Gasteiger partial charge in [0.25, 0.3) is 0 Å². The van der Waals surface area contributed by atoms with Crippen LogP contribution in [0, 0.1) is 5.92 Å². The number of rotatable bonds is 6. The Balaban J connectivity index is 0.00000200. The molecule has 1 aliphatic carbocycles. The van der Waals surface area contributed by atoms with Crippen molar-refractivity contribution in [1.82, 2.24) is 10.6 Å². The number of nitrogens with one attached hydrogen (secondary N) is 2. The Morgan fingerprint density at radius 1 is 1.25 bits per heavy atom. The van der Waals surface area contributed by atoms with Crippen molar-refractivity contribution >= 4 is 29.9 Å². The first-order valence-corrected chi connectivity index (χ1v) is 7.34. The Morgan fingerprint density at radius 3 is 2.65 bits per heavy atom. The highest BCUT2D eigenvalue weighted by molar-refractivity contribution is 14.0. The quantitative estimate of drug-likeness (QED) is 0.340. The number of benzene rings is 1. The third kappa shape index (κ3) is 5.31. The van der Waals surface area contributed by atoms with Gasteiger partial charge in [-0.25, -0.2) is 0 Å². The van der Waals surface area contributed by atoms with Crippen molar-refractivity contribution in [2.75, 3.05) is 20.1 Å². The largest absolute Gasteiger partial charge is 0.356 e. The molecule has 1 aromatic carbocycles. The third-order valence-corrected chi connectivity index (χ3v) is 3.73. The molecule has 0 radical (unpaired) electrons. The molecule has 0 amide bonds. The minimum Gasteiger partial charge on any atom is -0.356 e. The van der Waals surface area contributed by atoms with E-state index in [1.807, 2.05) is 7.05 Å². The highest BCUT2D eigenvalue weighted by Gasteiger charge is 2.37. The molecule has 0 heterocycles. The monoisotopic (exact) mass is 387 g/mol. The molecule has 2 atom stereocenters. The van der Waals surface area contributed by atoms with Crippen molar-refractivity contribution in [2.45, 2.75) is 32.1 Å². The molecule has 2 rings (SSSR count). The summed E-state index contributed by atoms with van der Waals surface area (Å²) in [4.78, 5) is 4.25. The second-order valence-corrected chi connectivity index (χ2v) is 5.25. The molecular weight excluding hydrogens is 361 g/mol. The van der Waals surface area contributed by atoms with Crippen LogP contribution in [0.5, 0.6) is 0 Å². The molecule has 0 aromatic heterocycles. The first kappa shape index (κ1) is 17.3. The van der Waals surface area contributed by atoms with Crippen molar-refractivity contribution in [3.63, 3.8) is 0 Å². The van der Waals surface area contributed by atoms with Crippen molar-refractivity contribution in [1.29, 1.82) is 0 Å². The van der Waals surface area contributed by atoms with Crippen LogP contribution in [0.3, 0.4) is 0 Å². The number of halogens is 1. The predicted octanol–water partition coefficient (Wildman–Crippen LogP) is 3.37. The SMILES string of the molecule is CCCCNC(=NC)NCC1CC1c1ccccc1.I. The van der Waals surface area contributed by atoms with E-state index in [2.05, 4.69) is 52.9 Å². The summed E-state index contributed by atoms with van der Waals surface area (Å²) in [5.41, 5.74) is 1.48. The second-order valence-electron chi connectivity index (χ2n) is 5.25. The van der Waals surface area contributed by atoms with Gasteiger partial charge in [0.2, 0.25) is 0 Å². The Morgan fingerprint density at radius 2 is 2.00 bits per heavy atom. The van der Waals surface area contributed by atoms with Crippen LogP contribution in [0.1, 0.15) is 37.7 Å². The van der Waals surface area contributed by atoms with Crippen molar-refractivity contribution in [3.05, 3.63) is 35.9 Å². The summed E-state index contributed by atoms with van der Waals surface area (Å²) in [6.07, 6.45) is 3.70. The van der Waals surface area contributed by atoms with Gasteiger partial charge in [-0.15, -0.1) is 24.0 Å². The number of unbranched alkanes of at least 4 members (excludes halogenated alkanes) is 1. The molecule has 2 unspecified atom stereocenters. The zero-order valence-corrected chi connectivity index (χ0v) is 14.8. The highest BCUT2D eigenvalue weighted by atomic mass is 127. The summed E-state index contributed by atoms with van der Waals surface area (Å²) in [6.45, 7) is 4.22. The lowest BCUT2D eigenvalue weighted by Crippen LogP contribution is -2.38. The van der Waals surface area contributed by atoms with Crippen molar-refractivity contribution in [2.24, 2.45) is 10.9 Å². The number of guanidine groups is 1. The molecule has 1 saturated carbocycles. The highest BCUT2D eigenvalue weighted by Crippen LogP contribution is 2.46. The molecule has 2 N–H and O–H groups in total. The van der Waals surface area contributed by atoms with Crippen LogP contribution in [0.25, 0.3) is 0 Å². The van der Waals surface area contributed by atoms with E-state index in [9.17, 15) is 0 Å². The lowest BCUT2D eigenvalue weighted by molar-refractivity contribution is 0.698.